The van der Waals surface area contributed by atoms with Gasteiger partial charge in [0.2, 0.25) is 0 Å². The van der Waals surface area contributed by atoms with Crippen LogP contribution < -0.4 is 0 Å². The summed E-state index contributed by atoms with van der Waals surface area (Å²) in [6.45, 7) is 4.81. The fourth-order valence-electron chi connectivity index (χ4n) is 8.66. The minimum atomic E-state index is -0.144. The maximum absolute atomic E-state index is 5.00. The molecule has 0 unspecified atom stereocenters. The number of nitrogens with zero attached hydrogens (tertiary/aromatic N) is 4. The molecule has 0 radical (unpaired) electrons. The fourth-order valence-corrected chi connectivity index (χ4v) is 9.91. The third kappa shape index (κ3) is 4.38. The van der Waals surface area contributed by atoms with Gasteiger partial charge in [-0.05, 0) is 58.7 Å². The SMILES string of the molecule is CC1(C)c2ccccc2-c2c1c1c3ccccc3sc1c1c2c2ccccc2n1-c1ccc(-c2nc(-c3ccccc3)nc(-c3ccccc3)n2)cc1. The van der Waals surface area contributed by atoms with Crippen molar-refractivity contribution >= 4 is 53.3 Å². The first-order valence-electron chi connectivity index (χ1n) is 18.0. The van der Waals surface area contributed by atoms with Crippen LogP contribution in [0.15, 0.2) is 158 Å². The lowest BCUT2D eigenvalue weighted by molar-refractivity contribution is 0.667. The maximum Gasteiger partial charge on any atom is 0.164 e. The van der Waals surface area contributed by atoms with Gasteiger partial charge < -0.3 is 4.57 Å². The van der Waals surface area contributed by atoms with Crippen LogP contribution in [0.5, 0.6) is 0 Å². The van der Waals surface area contributed by atoms with Crippen molar-refractivity contribution in [3.05, 3.63) is 169 Å². The Labute approximate surface area is 310 Å². The molecule has 4 nitrogen and oxygen atoms in total. The summed E-state index contributed by atoms with van der Waals surface area (Å²) < 4.78 is 5.13. The molecule has 0 bridgehead atoms. The molecule has 53 heavy (non-hydrogen) atoms. The number of para-hydroxylation sites is 1. The van der Waals surface area contributed by atoms with E-state index in [0.29, 0.717) is 17.5 Å². The predicted octanol–water partition coefficient (Wildman–Crippen LogP) is 12.6. The Morgan fingerprint density at radius 3 is 1.74 bits per heavy atom. The summed E-state index contributed by atoms with van der Waals surface area (Å²) in [5.74, 6) is 1.96. The van der Waals surface area contributed by atoms with E-state index in [1.54, 1.807) is 0 Å². The number of hydrogen-bond donors (Lipinski definition) is 0. The quantitative estimate of drug-likeness (QED) is 0.184. The van der Waals surface area contributed by atoms with Crippen LogP contribution in [0.2, 0.25) is 0 Å². The number of hydrogen-bond acceptors (Lipinski definition) is 4. The van der Waals surface area contributed by atoms with Crippen molar-refractivity contribution in [2.75, 3.05) is 0 Å². The van der Waals surface area contributed by atoms with E-state index in [9.17, 15) is 0 Å². The Kier molecular flexibility index (Phi) is 6.43. The molecule has 250 valence electrons. The van der Waals surface area contributed by atoms with Gasteiger partial charge in [0, 0.05) is 54.0 Å². The summed E-state index contributed by atoms with van der Waals surface area (Å²) in [6.07, 6.45) is 0. The number of benzene rings is 7. The molecule has 0 amide bonds. The second kappa shape index (κ2) is 11.3. The van der Waals surface area contributed by atoms with Crippen molar-refractivity contribution in [3.8, 4) is 51.0 Å². The summed E-state index contributed by atoms with van der Waals surface area (Å²) >= 11 is 1.91. The van der Waals surface area contributed by atoms with Crippen LogP contribution in [-0.2, 0) is 5.41 Å². The summed E-state index contributed by atoms with van der Waals surface area (Å²) in [7, 11) is 0. The van der Waals surface area contributed by atoms with Crippen LogP contribution in [0.1, 0.15) is 25.0 Å². The van der Waals surface area contributed by atoms with Gasteiger partial charge in [0.15, 0.2) is 17.5 Å². The Hall–Kier alpha value is -6.43. The molecule has 3 aromatic heterocycles. The highest BCUT2D eigenvalue weighted by Crippen LogP contribution is 2.58. The summed E-state index contributed by atoms with van der Waals surface area (Å²) in [5.41, 5.74) is 11.8. The molecular formula is C48H32N4S. The van der Waals surface area contributed by atoms with Crippen LogP contribution in [0.25, 0.3) is 93.0 Å². The maximum atomic E-state index is 5.00. The van der Waals surface area contributed by atoms with E-state index < -0.39 is 0 Å². The standard InChI is InChI=1S/C48H32N4S/c1-48(2)36-22-12-9-19-33(36)39-40-34-20-10-13-23-37(34)52(43(40)44-41(42(39)48)35-21-11-14-24-38(35)53-44)32-27-25-31(26-28-32)47-50-45(29-15-5-3-6-16-29)49-46(51-47)30-17-7-4-8-18-30/h3-28H,1-2H3. The minimum absolute atomic E-state index is 0.144. The minimum Gasteiger partial charge on any atom is -0.308 e. The molecule has 1 aliphatic rings. The van der Waals surface area contributed by atoms with Gasteiger partial charge in [0.05, 0.1) is 15.7 Å². The van der Waals surface area contributed by atoms with E-state index in [4.69, 9.17) is 15.0 Å². The van der Waals surface area contributed by atoms with E-state index in [2.05, 4.69) is 115 Å². The molecule has 0 aliphatic heterocycles. The molecule has 0 saturated heterocycles. The zero-order chi connectivity index (χ0) is 35.3. The normalized spacial score (nSPS) is 13.2. The highest BCUT2D eigenvalue weighted by molar-refractivity contribution is 7.26. The van der Waals surface area contributed by atoms with Gasteiger partial charge in [0.25, 0.3) is 0 Å². The zero-order valence-electron chi connectivity index (χ0n) is 29.2. The number of fused-ring (bicyclic) bond motifs is 12. The number of thiophene rings is 1. The second-order valence-corrected chi connectivity index (χ2v) is 15.4. The molecule has 5 heteroatoms. The molecule has 0 spiro atoms. The second-order valence-electron chi connectivity index (χ2n) is 14.4. The molecule has 7 aromatic carbocycles. The lowest BCUT2D eigenvalue weighted by Gasteiger charge is -2.23. The fraction of sp³-hybridized carbons (Fsp3) is 0.0625. The van der Waals surface area contributed by atoms with Gasteiger partial charge in [-0.3, -0.25) is 0 Å². The van der Waals surface area contributed by atoms with E-state index in [-0.39, 0.29) is 5.41 Å². The molecule has 0 saturated carbocycles. The van der Waals surface area contributed by atoms with E-state index in [0.717, 1.165) is 22.4 Å². The highest BCUT2D eigenvalue weighted by Gasteiger charge is 2.40. The van der Waals surface area contributed by atoms with Crippen molar-refractivity contribution in [2.45, 2.75) is 19.3 Å². The molecule has 0 fully saturated rings. The molecule has 3 heterocycles. The summed E-state index contributed by atoms with van der Waals surface area (Å²) in [6, 6.07) is 55.9. The number of aromatic nitrogens is 4. The van der Waals surface area contributed by atoms with Crippen molar-refractivity contribution in [1.29, 1.82) is 0 Å². The lowest BCUT2D eigenvalue weighted by Crippen LogP contribution is -2.15. The smallest absolute Gasteiger partial charge is 0.164 e. The molecular weight excluding hydrogens is 665 g/mol. The Balaban J connectivity index is 1.18. The van der Waals surface area contributed by atoms with E-state index >= 15 is 0 Å². The van der Waals surface area contributed by atoms with E-state index in [1.165, 1.54) is 64.2 Å². The molecule has 1 aliphatic carbocycles. The van der Waals surface area contributed by atoms with Crippen LogP contribution in [0, 0.1) is 0 Å². The first-order valence-corrected chi connectivity index (χ1v) is 18.9. The van der Waals surface area contributed by atoms with Gasteiger partial charge in [-0.25, -0.2) is 15.0 Å². The van der Waals surface area contributed by atoms with Gasteiger partial charge in [-0.15, -0.1) is 11.3 Å². The Morgan fingerprint density at radius 2 is 1.06 bits per heavy atom. The van der Waals surface area contributed by atoms with Crippen LogP contribution in [-0.4, -0.2) is 19.5 Å². The molecule has 0 N–H and O–H groups in total. The first-order chi connectivity index (χ1) is 26.1. The lowest BCUT2D eigenvalue weighted by atomic mass is 9.80. The van der Waals surface area contributed by atoms with E-state index in [1.807, 2.05) is 72.0 Å². The molecule has 11 rings (SSSR count). The van der Waals surface area contributed by atoms with Crippen LogP contribution >= 0.6 is 11.3 Å². The van der Waals surface area contributed by atoms with Crippen molar-refractivity contribution < 1.29 is 0 Å². The summed E-state index contributed by atoms with van der Waals surface area (Å²) in [5, 5.41) is 5.31. The van der Waals surface area contributed by atoms with Gasteiger partial charge >= 0.3 is 0 Å². The first kappa shape index (κ1) is 30.2. The van der Waals surface area contributed by atoms with Crippen molar-refractivity contribution in [3.63, 3.8) is 0 Å². The monoisotopic (exact) mass is 696 g/mol. The topological polar surface area (TPSA) is 43.6 Å². The largest absolute Gasteiger partial charge is 0.308 e. The van der Waals surface area contributed by atoms with Crippen molar-refractivity contribution in [2.24, 2.45) is 0 Å². The average molecular weight is 697 g/mol. The predicted molar refractivity (Wildman–Crippen MR) is 221 cm³/mol. The average Bonchev–Trinajstić information content (AvgIpc) is 3.84. The zero-order valence-corrected chi connectivity index (χ0v) is 30.0. The molecule has 0 atom stereocenters. The molecule has 10 aromatic rings. The van der Waals surface area contributed by atoms with Gasteiger partial charge in [0.1, 0.15) is 0 Å². The van der Waals surface area contributed by atoms with Crippen molar-refractivity contribution in [1.82, 2.24) is 19.5 Å². The van der Waals surface area contributed by atoms with Crippen LogP contribution in [0.4, 0.5) is 0 Å². The number of rotatable bonds is 4. The Bertz CT molecular complexity index is 3010. The Morgan fingerprint density at radius 1 is 0.509 bits per heavy atom. The third-order valence-electron chi connectivity index (χ3n) is 11.0. The highest BCUT2D eigenvalue weighted by atomic mass is 32.1. The summed E-state index contributed by atoms with van der Waals surface area (Å²) in [4.78, 5) is 14.9. The van der Waals surface area contributed by atoms with Gasteiger partial charge in [-0.2, -0.15) is 0 Å². The van der Waals surface area contributed by atoms with Gasteiger partial charge in [-0.1, -0.05) is 135 Å². The van der Waals surface area contributed by atoms with Crippen LogP contribution in [0.3, 0.4) is 0 Å². The third-order valence-corrected chi connectivity index (χ3v) is 12.2.